The summed E-state index contributed by atoms with van der Waals surface area (Å²) in [5, 5.41) is 0. The largest absolute Gasteiger partial charge is 0.390 e. The highest BCUT2D eigenvalue weighted by Gasteiger charge is 2.27. The van der Waals surface area contributed by atoms with E-state index in [1.165, 1.54) is 11.9 Å². The molecule has 3 nitrogen and oxygen atoms in total. The molecule has 0 atom stereocenters. The molecule has 0 spiro atoms. The number of thiocarbonyl (C=S) groups is 1. The molecular formula is C10H12F3N3S. The average molecular weight is 263 g/mol. The van der Waals surface area contributed by atoms with Crippen LogP contribution in [0.4, 0.5) is 19.0 Å². The minimum Gasteiger partial charge on any atom is -0.388 e. The molecule has 0 saturated heterocycles. The molecule has 0 fully saturated rings. The summed E-state index contributed by atoms with van der Waals surface area (Å²) in [6.45, 7) is -0.155. The third-order valence-corrected chi connectivity index (χ3v) is 2.32. The van der Waals surface area contributed by atoms with Gasteiger partial charge in [0, 0.05) is 13.6 Å². The summed E-state index contributed by atoms with van der Waals surface area (Å²) >= 11 is 4.75. The fourth-order valence-electron chi connectivity index (χ4n) is 1.18. The lowest BCUT2D eigenvalue weighted by atomic mass is 10.3. The van der Waals surface area contributed by atoms with Crippen molar-refractivity contribution < 1.29 is 13.2 Å². The van der Waals surface area contributed by atoms with Crippen molar-refractivity contribution in [3.05, 3.63) is 23.9 Å². The quantitative estimate of drug-likeness (QED) is 0.845. The van der Waals surface area contributed by atoms with Crippen molar-refractivity contribution in [2.24, 2.45) is 5.73 Å². The van der Waals surface area contributed by atoms with Gasteiger partial charge in [-0.1, -0.05) is 18.3 Å². The second kappa shape index (κ2) is 5.31. The van der Waals surface area contributed by atoms with Gasteiger partial charge in [-0.25, -0.2) is 4.98 Å². The molecule has 94 valence electrons. The summed E-state index contributed by atoms with van der Waals surface area (Å²) in [5.41, 5.74) is 5.80. The maximum Gasteiger partial charge on any atom is 0.390 e. The van der Waals surface area contributed by atoms with Gasteiger partial charge < -0.3 is 10.6 Å². The summed E-state index contributed by atoms with van der Waals surface area (Å²) in [6.07, 6.45) is -5.06. The Bertz CT molecular complexity index is 406. The molecule has 1 aromatic rings. The predicted octanol–water partition coefficient (Wildman–Crippen LogP) is 2.10. The van der Waals surface area contributed by atoms with Gasteiger partial charge in [-0.05, 0) is 12.1 Å². The van der Waals surface area contributed by atoms with Gasteiger partial charge in [0.15, 0.2) is 0 Å². The van der Waals surface area contributed by atoms with Crippen LogP contribution < -0.4 is 10.6 Å². The SMILES string of the molecule is CN(CCC(F)(F)F)c1cccc(C(N)=S)n1. The van der Waals surface area contributed by atoms with Crippen LogP contribution in [-0.4, -0.2) is 29.7 Å². The number of halogens is 3. The Kier molecular flexibility index (Phi) is 4.28. The van der Waals surface area contributed by atoms with Crippen LogP contribution in [0.2, 0.25) is 0 Å². The van der Waals surface area contributed by atoms with E-state index < -0.39 is 12.6 Å². The molecule has 0 aliphatic heterocycles. The van der Waals surface area contributed by atoms with E-state index >= 15 is 0 Å². The number of hydrogen-bond acceptors (Lipinski definition) is 3. The van der Waals surface area contributed by atoms with Crippen LogP contribution in [0.3, 0.4) is 0 Å². The number of hydrogen-bond donors (Lipinski definition) is 1. The summed E-state index contributed by atoms with van der Waals surface area (Å²) < 4.78 is 36.2. The van der Waals surface area contributed by atoms with E-state index in [1.54, 1.807) is 18.2 Å². The van der Waals surface area contributed by atoms with Crippen molar-refractivity contribution >= 4 is 23.0 Å². The van der Waals surface area contributed by atoms with E-state index in [2.05, 4.69) is 4.98 Å². The molecule has 1 aromatic heterocycles. The highest BCUT2D eigenvalue weighted by molar-refractivity contribution is 7.80. The maximum absolute atomic E-state index is 12.1. The van der Waals surface area contributed by atoms with Crippen molar-refractivity contribution in [2.75, 3.05) is 18.5 Å². The maximum atomic E-state index is 12.1. The van der Waals surface area contributed by atoms with Crippen molar-refractivity contribution in [2.45, 2.75) is 12.6 Å². The molecule has 2 N–H and O–H groups in total. The Hall–Kier alpha value is -1.37. The van der Waals surface area contributed by atoms with Gasteiger partial charge in [-0.3, -0.25) is 0 Å². The first kappa shape index (κ1) is 13.7. The number of anilines is 1. The molecule has 17 heavy (non-hydrogen) atoms. The number of pyridine rings is 1. The molecular weight excluding hydrogens is 251 g/mol. The Morgan fingerprint density at radius 1 is 1.47 bits per heavy atom. The molecule has 0 amide bonds. The Morgan fingerprint density at radius 2 is 2.12 bits per heavy atom. The van der Waals surface area contributed by atoms with Crippen LogP contribution in [0.25, 0.3) is 0 Å². The van der Waals surface area contributed by atoms with Gasteiger partial charge in [0.2, 0.25) is 0 Å². The highest BCUT2D eigenvalue weighted by atomic mass is 32.1. The van der Waals surface area contributed by atoms with E-state index in [0.29, 0.717) is 11.5 Å². The first-order valence-corrected chi connectivity index (χ1v) is 5.25. The van der Waals surface area contributed by atoms with Gasteiger partial charge in [-0.2, -0.15) is 13.2 Å². The Morgan fingerprint density at radius 3 is 2.65 bits per heavy atom. The van der Waals surface area contributed by atoms with Gasteiger partial charge in [0.25, 0.3) is 0 Å². The zero-order valence-electron chi connectivity index (χ0n) is 9.16. The normalized spacial score (nSPS) is 11.3. The van der Waals surface area contributed by atoms with Crippen LogP contribution in [0.1, 0.15) is 12.1 Å². The van der Waals surface area contributed by atoms with Crippen molar-refractivity contribution in [1.29, 1.82) is 0 Å². The average Bonchev–Trinajstić information content (AvgIpc) is 2.25. The van der Waals surface area contributed by atoms with Crippen molar-refractivity contribution in [3.63, 3.8) is 0 Å². The zero-order valence-corrected chi connectivity index (χ0v) is 9.98. The zero-order chi connectivity index (χ0) is 13.1. The Labute approximate surface area is 102 Å². The molecule has 0 aliphatic rings. The molecule has 0 aromatic carbocycles. The fraction of sp³-hybridized carbons (Fsp3) is 0.400. The lowest BCUT2D eigenvalue weighted by Gasteiger charge is -2.19. The van der Waals surface area contributed by atoms with Gasteiger partial charge in [0.05, 0.1) is 12.1 Å². The molecule has 0 radical (unpaired) electrons. The molecule has 1 rings (SSSR count). The highest BCUT2D eigenvalue weighted by Crippen LogP contribution is 2.21. The van der Waals surface area contributed by atoms with E-state index in [9.17, 15) is 13.2 Å². The summed E-state index contributed by atoms with van der Waals surface area (Å²) in [4.78, 5) is 5.60. The molecule has 0 unspecified atom stereocenters. The smallest absolute Gasteiger partial charge is 0.388 e. The standard InChI is InChI=1S/C10H12F3N3S/c1-16(6-5-10(11,12)13)8-4-2-3-7(15-8)9(14)17/h2-4H,5-6H2,1H3,(H2,14,17). The predicted molar refractivity (Wildman–Crippen MR) is 64.1 cm³/mol. The van der Waals surface area contributed by atoms with Gasteiger partial charge in [0.1, 0.15) is 10.8 Å². The van der Waals surface area contributed by atoms with Gasteiger partial charge in [-0.15, -0.1) is 0 Å². The van der Waals surface area contributed by atoms with E-state index in [0.717, 1.165) is 0 Å². The van der Waals surface area contributed by atoms with Crippen LogP contribution in [-0.2, 0) is 0 Å². The molecule has 1 heterocycles. The topological polar surface area (TPSA) is 42.1 Å². The first-order valence-electron chi connectivity index (χ1n) is 4.84. The van der Waals surface area contributed by atoms with Crippen molar-refractivity contribution in [3.8, 4) is 0 Å². The number of nitrogens with zero attached hydrogens (tertiary/aromatic N) is 2. The monoisotopic (exact) mass is 263 g/mol. The molecule has 7 heteroatoms. The number of aromatic nitrogens is 1. The van der Waals surface area contributed by atoms with Crippen LogP contribution in [0, 0.1) is 0 Å². The summed E-state index contributed by atoms with van der Waals surface area (Å²) in [5.74, 6) is 0.416. The lowest BCUT2D eigenvalue weighted by molar-refractivity contribution is -0.132. The third kappa shape index (κ3) is 4.56. The second-order valence-corrected chi connectivity index (χ2v) is 3.97. The minimum absolute atomic E-state index is 0.121. The van der Waals surface area contributed by atoms with Gasteiger partial charge >= 0.3 is 6.18 Å². The van der Waals surface area contributed by atoms with E-state index in [1.807, 2.05) is 0 Å². The van der Waals surface area contributed by atoms with Crippen molar-refractivity contribution in [1.82, 2.24) is 4.98 Å². The summed E-state index contributed by atoms with van der Waals surface area (Å²) in [7, 11) is 1.54. The fourth-order valence-corrected chi connectivity index (χ4v) is 1.30. The molecule has 0 bridgehead atoms. The third-order valence-electron chi connectivity index (χ3n) is 2.11. The number of rotatable bonds is 4. The van der Waals surface area contributed by atoms with Crippen LogP contribution in [0.15, 0.2) is 18.2 Å². The van der Waals surface area contributed by atoms with Crippen LogP contribution in [0.5, 0.6) is 0 Å². The van der Waals surface area contributed by atoms with E-state index in [4.69, 9.17) is 18.0 Å². The number of alkyl halides is 3. The minimum atomic E-state index is -4.17. The number of nitrogens with two attached hydrogens (primary N) is 1. The Balaban J connectivity index is 2.72. The van der Waals surface area contributed by atoms with E-state index in [-0.39, 0.29) is 11.5 Å². The first-order chi connectivity index (χ1) is 7.79. The van der Waals surface area contributed by atoms with Crippen LogP contribution >= 0.6 is 12.2 Å². The molecule has 0 saturated carbocycles. The second-order valence-electron chi connectivity index (χ2n) is 3.53. The lowest BCUT2D eigenvalue weighted by Crippen LogP contribution is -2.25. The summed E-state index contributed by atoms with van der Waals surface area (Å²) in [6, 6.07) is 4.88. The molecule has 0 aliphatic carbocycles.